The summed E-state index contributed by atoms with van der Waals surface area (Å²) in [6.45, 7) is 2.08. The van der Waals surface area contributed by atoms with Gasteiger partial charge in [-0.3, -0.25) is 0 Å². The van der Waals surface area contributed by atoms with Gasteiger partial charge in [0.1, 0.15) is 9.98 Å². The first-order valence-corrected chi connectivity index (χ1v) is 7.61. The van der Waals surface area contributed by atoms with E-state index in [2.05, 4.69) is 16.9 Å². The molecule has 1 aromatic carbocycles. The molecular weight excluding hydrogens is 311 g/mol. The first kappa shape index (κ1) is 14.2. The first-order valence-electron chi connectivity index (χ1n) is 6.42. The molecule has 0 saturated carbocycles. The lowest BCUT2D eigenvalue weighted by molar-refractivity contribution is 0.387. The highest BCUT2D eigenvalue weighted by molar-refractivity contribution is 7.18. The largest absolute Gasteiger partial charge is 0.494 e. The number of nitrogens with zero attached hydrogens (tertiary/aromatic N) is 2. The number of rotatable bonds is 3. The molecule has 0 spiro atoms. The minimum atomic E-state index is -0.419. The fourth-order valence-corrected chi connectivity index (χ4v) is 3.29. The van der Waals surface area contributed by atoms with Gasteiger partial charge in [0.2, 0.25) is 0 Å². The number of halogens is 2. The summed E-state index contributed by atoms with van der Waals surface area (Å²) in [4.78, 5) is 10.9. The summed E-state index contributed by atoms with van der Waals surface area (Å²) in [5.74, 6) is 0.209. The maximum absolute atomic E-state index is 13.5. The predicted molar refractivity (Wildman–Crippen MR) is 83.7 cm³/mol. The van der Waals surface area contributed by atoms with Crippen molar-refractivity contribution in [2.24, 2.45) is 0 Å². The third-order valence-electron chi connectivity index (χ3n) is 3.16. The number of ether oxygens (including phenoxy) is 1. The second-order valence-corrected chi connectivity index (χ2v) is 5.95. The van der Waals surface area contributed by atoms with Gasteiger partial charge in [0.25, 0.3) is 0 Å². The quantitative estimate of drug-likeness (QED) is 0.654. The Morgan fingerprint density at radius 3 is 2.81 bits per heavy atom. The van der Waals surface area contributed by atoms with Crippen LogP contribution >= 0.6 is 22.9 Å². The summed E-state index contributed by atoms with van der Waals surface area (Å²) in [5.41, 5.74) is 0.670. The van der Waals surface area contributed by atoms with Crippen molar-refractivity contribution in [3.8, 4) is 17.1 Å². The van der Waals surface area contributed by atoms with Crippen LogP contribution < -0.4 is 4.74 Å². The fourth-order valence-electron chi connectivity index (χ4n) is 2.04. The average molecular weight is 323 g/mol. The van der Waals surface area contributed by atoms with Gasteiger partial charge in [0.05, 0.1) is 7.11 Å². The number of fused-ring (bicyclic) bond motifs is 1. The molecule has 2 heterocycles. The SMILES string of the molecule is CCc1cc2c(Cl)nc(-c3ccc(F)c(OC)c3)nc2s1. The molecule has 0 atom stereocenters. The second kappa shape index (κ2) is 5.58. The lowest BCUT2D eigenvalue weighted by atomic mass is 10.2. The molecule has 6 heteroatoms. The summed E-state index contributed by atoms with van der Waals surface area (Å²) < 4.78 is 18.5. The summed E-state index contributed by atoms with van der Waals surface area (Å²) in [6, 6.07) is 6.53. The summed E-state index contributed by atoms with van der Waals surface area (Å²) in [7, 11) is 1.42. The van der Waals surface area contributed by atoms with E-state index in [0.29, 0.717) is 16.5 Å². The van der Waals surface area contributed by atoms with Gasteiger partial charge in [0.15, 0.2) is 17.4 Å². The molecule has 21 heavy (non-hydrogen) atoms. The highest BCUT2D eigenvalue weighted by Gasteiger charge is 2.13. The van der Waals surface area contributed by atoms with E-state index in [4.69, 9.17) is 16.3 Å². The van der Waals surface area contributed by atoms with Gasteiger partial charge in [0, 0.05) is 15.8 Å². The van der Waals surface area contributed by atoms with Crippen molar-refractivity contribution in [2.75, 3.05) is 7.11 Å². The summed E-state index contributed by atoms with van der Waals surface area (Å²) in [6.07, 6.45) is 0.928. The zero-order chi connectivity index (χ0) is 15.0. The van der Waals surface area contributed by atoms with Gasteiger partial charge in [-0.1, -0.05) is 18.5 Å². The average Bonchev–Trinajstić information content (AvgIpc) is 2.91. The van der Waals surface area contributed by atoms with Gasteiger partial charge >= 0.3 is 0 Å². The molecule has 108 valence electrons. The Morgan fingerprint density at radius 2 is 2.10 bits per heavy atom. The van der Waals surface area contributed by atoms with E-state index in [1.54, 1.807) is 23.5 Å². The Kier molecular flexibility index (Phi) is 3.78. The van der Waals surface area contributed by atoms with Crippen molar-refractivity contribution in [3.63, 3.8) is 0 Å². The molecule has 0 unspecified atom stereocenters. The summed E-state index contributed by atoms with van der Waals surface area (Å²) >= 11 is 7.83. The summed E-state index contributed by atoms with van der Waals surface area (Å²) in [5, 5.41) is 1.27. The van der Waals surface area contributed by atoms with Crippen LogP contribution in [0, 0.1) is 5.82 Å². The molecule has 0 fully saturated rings. The Morgan fingerprint density at radius 1 is 1.29 bits per heavy atom. The molecule has 0 aliphatic carbocycles. The Balaban J connectivity index is 2.16. The van der Waals surface area contributed by atoms with E-state index in [9.17, 15) is 4.39 Å². The number of hydrogen-bond donors (Lipinski definition) is 0. The van der Waals surface area contributed by atoms with Gasteiger partial charge in [-0.25, -0.2) is 14.4 Å². The van der Waals surface area contributed by atoms with E-state index in [0.717, 1.165) is 16.6 Å². The number of hydrogen-bond acceptors (Lipinski definition) is 4. The van der Waals surface area contributed by atoms with E-state index in [1.807, 2.05) is 6.07 Å². The van der Waals surface area contributed by atoms with Crippen LogP contribution in [-0.2, 0) is 6.42 Å². The molecule has 2 aromatic heterocycles. The molecule has 3 aromatic rings. The molecule has 0 bridgehead atoms. The topological polar surface area (TPSA) is 35.0 Å². The number of benzene rings is 1. The Bertz CT molecular complexity index is 819. The van der Waals surface area contributed by atoms with Crippen LogP contribution in [0.2, 0.25) is 5.15 Å². The number of methoxy groups -OCH3 is 1. The van der Waals surface area contributed by atoms with Crippen LogP contribution in [0.25, 0.3) is 21.6 Å². The maximum atomic E-state index is 13.5. The van der Waals surface area contributed by atoms with Crippen molar-refractivity contribution in [2.45, 2.75) is 13.3 Å². The van der Waals surface area contributed by atoms with Gasteiger partial charge < -0.3 is 4.74 Å². The van der Waals surface area contributed by atoms with Crippen LogP contribution in [0.5, 0.6) is 5.75 Å². The van der Waals surface area contributed by atoms with Gasteiger partial charge in [-0.2, -0.15) is 0 Å². The maximum Gasteiger partial charge on any atom is 0.165 e. The number of thiophene rings is 1. The van der Waals surface area contributed by atoms with E-state index >= 15 is 0 Å². The van der Waals surface area contributed by atoms with Crippen LogP contribution in [-0.4, -0.2) is 17.1 Å². The highest BCUT2D eigenvalue weighted by atomic mass is 35.5. The molecule has 3 rings (SSSR count). The van der Waals surface area contributed by atoms with Gasteiger partial charge in [-0.15, -0.1) is 11.3 Å². The zero-order valence-electron chi connectivity index (χ0n) is 11.5. The number of aryl methyl sites for hydroxylation is 1. The van der Waals surface area contributed by atoms with Crippen molar-refractivity contribution in [1.29, 1.82) is 0 Å². The molecule has 0 aliphatic rings. The molecule has 3 nitrogen and oxygen atoms in total. The van der Waals surface area contributed by atoms with E-state index in [1.165, 1.54) is 18.1 Å². The molecular formula is C15H12ClFN2OS. The van der Waals surface area contributed by atoms with E-state index in [-0.39, 0.29) is 5.75 Å². The molecule has 0 saturated heterocycles. The third kappa shape index (κ3) is 2.59. The standard InChI is InChI=1S/C15H12ClFN2OS/c1-3-9-7-10-13(16)18-14(19-15(10)21-9)8-4-5-11(17)12(6-8)20-2/h4-7H,3H2,1-2H3. The monoisotopic (exact) mass is 322 g/mol. The van der Waals surface area contributed by atoms with Crippen molar-refractivity contribution in [1.82, 2.24) is 9.97 Å². The molecule has 0 amide bonds. The number of aromatic nitrogens is 2. The minimum absolute atomic E-state index is 0.160. The van der Waals surface area contributed by atoms with Crippen LogP contribution in [0.4, 0.5) is 4.39 Å². The van der Waals surface area contributed by atoms with E-state index < -0.39 is 5.82 Å². The van der Waals surface area contributed by atoms with Crippen LogP contribution in [0.1, 0.15) is 11.8 Å². The van der Waals surface area contributed by atoms with Crippen LogP contribution in [0.3, 0.4) is 0 Å². The molecule has 0 radical (unpaired) electrons. The van der Waals surface area contributed by atoms with Crippen molar-refractivity contribution in [3.05, 3.63) is 40.1 Å². The minimum Gasteiger partial charge on any atom is -0.494 e. The molecule has 0 aliphatic heterocycles. The van der Waals surface area contributed by atoms with Crippen LogP contribution in [0.15, 0.2) is 24.3 Å². The Labute approximate surface area is 130 Å². The lowest BCUT2D eigenvalue weighted by Crippen LogP contribution is -1.93. The van der Waals surface area contributed by atoms with Crippen molar-refractivity contribution < 1.29 is 9.13 Å². The predicted octanol–water partition coefficient (Wildman–Crippen LogP) is 4.72. The van der Waals surface area contributed by atoms with Crippen molar-refractivity contribution >= 4 is 33.2 Å². The first-order chi connectivity index (χ1) is 10.1. The van der Waals surface area contributed by atoms with Gasteiger partial charge in [-0.05, 0) is 30.7 Å². The smallest absolute Gasteiger partial charge is 0.165 e. The third-order valence-corrected chi connectivity index (χ3v) is 4.62. The second-order valence-electron chi connectivity index (χ2n) is 4.47. The highest BCUT2D eigenvalue weighted by Crippen LogP contribution is 2.32. The molecule has 0 N–H and O–H groups in total. The fraction of sp³-hybridized carbons (Fsp3) is 0.200. The normalized spacial score (nSPS) is 11.0. The Hall–Kier alpha value is -1.72. The lowest BCUT2D eigenvalue weighted by Gasteiger charge is -2.05. The zero-order valence-corrected chi connectivity index (χ0v) is 13.1.